The minimum Gasteiger partial charge on any atom is -0.496 e. The van der Waals surface area contributed by atoms with Crippen LogP contribution in [-0.2, 0) is 17.9 Å². The van der Waals surface area contributed by atoms with Crippen molar-refractivity contribution < 1.29 is 19.0 Å². The second-order valence-electron chi connectivity index (χ2n) is 4.65. The van der Waals surface area contributed by atoms with E-state index in [9.17, 15) is 9.18 Å². The number of hydrogen-bond acceptors (Lipinski definition) is 2. The molecule has 1 aromatic carbocycles. The third kappa shape index (κ3) is 3.19. The molecule has 0 saturated carbocycles. The Hall–Kier alpha value is -1.58. The molecule has 94 valence electrons. The highest BCUT2D eigenvalue weighted by atomic mass is 19.1. The zero-order chi connectivity index (χ0) is 13.1. The van der Waals surface area contributed by atoms with Gasteiger partial charge in [0.25, 0.3) is 0 Å². The van der Waals surface area contributed by atoms with E-state index in [-0.39, 0.29) is 0 Å². The van der Waals surface area contributed by atoms with Crippen molar-refractivity contribution >= 4 is 5.97 Å². The third-order valence-electron chi connectivity index (χ3n) is 2.71. The van der Waals surface area contributed by atoms with E-state index < -0.39 is 18.1 Å². The largest absolute Gasteiger partial charge is 0.496 e. The van der Waals surface area contributed by atoms with E-state index in [2.05, 4.69) is 0 Å². The van der Waals surface area contributed by atoms with Crippen LogP contribution in [0.5, 0.6) is 5.75 Å². The van der Waals surface area contributed by atoms with Crippen LogP contribution in [0.2, 0.25) is 0 Å². The maximum atomic E-state index is 12.7. The molecule has 0 atom stereocenters. The lowest BCUT2D eigenvalue weighted by molar-refractivity contribution is -0.146. The van der Waals surface area contributed by atoms with Crippen LogP contribution in [0.25, 0.3) is 0 Å². The van der Waals surface area contributed by atoms with Crippen LogP contribution < -0.4 is 4.74 Å². The predicted octanol–water partition coefficient (Wildman–Crippen LogP) is 2.82. The van der Waals surface area contributed by atoms with Crippen LogP contribution in [0.3, 0.4) is 0 Å². The maximum absolute atomic E-state index is 12.7. The van der Waals surface area contributed by atoms with Gasteiger partial charge in [0.05, 0.1) is 12.5 Å². The van der Waals surface area contributed by atoms with E-state index in [4.69, 9.17) is 9.84 Å². The van der Waals surface area contributed by atoms with Gasteiger partial charge in [-0.15, -0.1) is 0 Å². The fourth-order valence-corrected chi connectivity index (χ4v) is 1.63. The summed E-state index contributed by atoms with van der Waals surface area (Å²) in [6.07, 6.45) is 0.360. The van der Waals surface area contributed by atoms with Gasteiger partial charge in [-0.1, -0.05) is 6.07 Å². The van der Waals surface area contributed by atoms with Gasteiger partial charge in [-0.3, -0.25) is 4.79 Å². The zero-order valence-electron chi connectivity index (χ0n) is 10.3. The third-order valence-corrected chi connectivity index (χ3v) is 2.71. The molecule has 0 aliphatic carbocycles. The Labute approximate surface area is 100 Å². The van der Waals surface area contributed by atoms with Crippen molar-refractivity contribution in [3.63, 3.8) is 0 Å². The summed E-state index contributed by atoms with van der Waals surface area (Å²) in [6, 6.07) is 5.09. The van der Waals surface area contributed by atoms with Gasteiger partial charge in [-0.05, 0) is 38.0 Å². The zero-order valence-corrected chi connectivity index (χ0v) is 10.3. The summed E-state index contributed by atoms with van der Waals surface area (Å²) >= 11 is 0. The number of aliphatic carboxylic acids is 1. The SMILES string of the molecule is COc1ccc(CC(C)(C)C(=O)O)cc1CF. The van der Waals surface area contributed by atoms with Crippen LogP contribution in [-0.4, -0.2) is 18.2 Å². The molecule has 0 aromatic heterocycles. The minimum atomic E-state index is -0.866. The van der Waals surface area contributed by atoms with Gasteiger partial charge in [0, 0.05) is 5.56 Å². The monoisotopic (exact) mass is 240 g/mol. The summed E-state index contributed by atoms with van der Waals surface area (Å²) in [4.78, 5) is 11.0. The molecular weight excluding hydrogens is 223 g/mol. The second kappa shape index (κ2) is 5.17. The van der Waals surface area contributed by atoms with Gasteiger partial charge in [0.15, 0.2) is 0 Å². The van der Waals surface area contributed by atoms with E-state index in [1.807, 2.05) is 0 Å². The molecule has 0 saturated heterocycles. The number of carbonyl (C=O) groups is 1. The first-order valence-electron chi connectivity index (χ1n) is 5.36. The molecule has 4 heteroatoms. The van der Waals surface area contributed by atoms with Gasteiger partial charge in [0.2, 0.25) is 0 Å². The Morgan fingerprint density at radius 1 is 1.47 bits per heavy atom. The smallest absolute Gasteiger partial charge is 0.309 e. The molecule has 0 aliphatic rings. The van der Waals surface area contributed by atoms with Crippen molar-refractivity contribution in [1.82, 2.24) is 0 Å². The lowest BCUT2D eigenvalue weighted by Crippen LogP contribution is -2.26. The molecule has 0 unspecified atom stereocenters. The van der Waals surface area contributed by atoms with Gasteiger partial charge in [-0.25, -0.2) is 4.39 Å². The Balaban J connectivity index is 2.97. The summed E-state index contributed by atoms with van der Waals surface area (Å²) in [7, 11) is 1.48. The fraction of sp³-hybridized carbons (Fsp3) is 0.462. The molecule has 0 heterocycles. The number of alkyl halides is 1. The number of methoxy groups -OCH3 is 1. The molecule has 1 rings (SSSR count). The van der Waals surface area contributed by atoms with Crippen LogP contribution in [0.15, 0.2) is 18.2 Å². The van der Waals surface area contributed by atoms with Crippen molar-refractivity contribution in [2.75, 3.05) is 7.11 Å². The summed E-state index contributed by atoms with van der Waals surface area (Å²) in [5.41, 5.74) is 0.388. The molecule has 0 amide bonds. The number of ether oxygens (including phenoxy) is 1. The van der Waals surface area contributed by atoms with Gasteiger partial charge in [0.1, 0.15) is 12.4 Å². The van der Waals surface area contributed by atoms with Crippen molar-refractivity contribution in [1.29, 1.82) is 0 Å². The average molecular weight is 240 g/mol. The predicted molar refractivity (Wildman–Crippen MR) is 62.9 cm³/mol. The molecule has 0 aliphatic heterocycles. The van der Waals surface area contributed by atoms with E-state index in [0.29, 0.717) is 17.7 Å². The Morgan fingerprint density at radius 2 is 2.12 bits per heavy atom. The van der Waals surface area contributed by atoms with E-state index in [1.165, 1.54) is 7.11 Å². The summed E-state index contributed by atoms with van der Waals surface area (Å²) in [5, 5.41) is 9.03. The number of hydrogen-bond donors (Lipinski definition) is 1. The number of benzene rings is 1. The van der Waals surface area contributed by atoms with Crippen LogP contribution >= 0.6 is 0 Å². The molecule has 3 nitrogen and oxygen atoms in total. The molecule has 0 fully saturated rings. The summed E-state index contributed by atoms with van der Waals surface area (Å²) < 4.78 is 17.8. The number of carboxylic acid groups (broad SMARTS) is 1. The first kappa shape index (κ1) is 13.5. The van der Waals surface area contributed by atoms with Crippen molar-refractivity contribution in [3.05, 3.63) is 29.3 Å². The van der Waals surface area contributed by atoms with Gasteiger partial charge in [-0.2, -0.15) is 0 Å². The Kier molecular flexibility index (Phi) is 4.10. The maximum Gasteiger partial charge on any atom is 0.309 e. The van der Waals surface area contributed by atoms with Crippen LogP contribution in [0, 0.1) is 5.41 Å². The molecule has 0 spiro atoms. The van der Waals surface area contributed by atoms with E-state index in [0.717, 1.165) is 5.56 Å². The number of rotatable bonds is 5. The second-order valence-corrected chi connectivity index (χ2v) is 4.65. The summed E-state index contributed by atoms with van der Waals surface area (Å²) in [6.45, 7) is 2.67. The summed E-state index contributed by atoms with van der Waals surface area (Å²) in [5.74, 6) is -0.375. The topological polar surface area (TPSA) is 46.5 Å². The first-order chi connectivity index (χ1) is 7.90. The standard InChI is InChI=1S/C13H17FO3/c1-13(2,12(15)16)7-9-4-5-11(17-3)10(6-9)8-14/h4-6H,7-8H2,1-3H3,(H,15,16). The Bertz CT molecular complexity index is 413. The molecule has 1 aromatic rings. The highest BCUT2D eigenvalue weighted by Crippen LogP contribution is 2.26. The highest BCUT2D eigenvalue weighted by molar-refractivity contribution is 5.74. The van der Waals surface area contributed by atoms with Gasteiger partial charge >= 0.3 is 5.97 Å². The number of halogens is 1. The lowest BCUT2D eigenvalue weighted by Gasteiger charge is -2.19. The van der Waals surface area contributed by atoms with Crippen molar-refractivity contribution in [2.24, 2.45) is 5.41 Å². The molecule has 17 heavy (non-hydrogen) atoms. The molecule has 0 bridgehead atoms. The normalized spacial score (nSPS) is 11.3. The Morgan fingerprint density at radius 3 is 2.59 bits per heavy atom. The molecule has 1 N–H and O–H groups in total. The molecular formula is C13H17FO3. The highest BCUT2D eigenvalue weighted by Gasteiger charge is 2.27. The first-order valence-corrected chi connectivity index (χ1v) is 5.36. The number of carboxylic acids is 1. The van der Waals surface area contributed by atoms with Crippen molar-refractivity contribution in [2.45, 2.75) is 26.9 Å². The lowest BCUT2D eigenvalue weighted by atomic mass is 9.85. The molecule has 0 radical (unpaired) electrons. The van der Waals surface area contributed by atoms with E-state index in [1.54, 1.807) is 32.0 Å². The quantitative estimate of drug-likeness (QED) is 0.860. The van der Waals surface area contributed by atoms with Crippen molar-refractivity contribution in [3.8, 4) is 5.75 Å². The van der Waals surface area contributed by atoms with Gasteiger partial charge < -0.3 is 9.84 Å². The van der Waals surface area contributed by atoms with E-state index >= 15 is 0 Å². The minimum absolute atomic E-state index is 0.360. The average Bonchev–Trinajstić information content (AvgIpc) is 2.28. The fourth-order valence-electron chi connectivity index (χ4n) is 1.63. The van der Waals surface area contributed by atoms with Crippen LogP contribution in [0.1, 0.15) is 25.0 Å². The van der Waals surface area contributed by atoms with Crippen LogP contribution in [0.4, 0.5) is 4.39 Å².